The minimum atomic E-state index is -0.0283. The van der Waals surface area contributed by atoms with Gasteiger partial charge >= 0.3 is 0 Å². The van der Waals surface area contributed by atoms with Crippen LogP contribution in [0.2, 0.25) is 0 Å². The molecule has 1 N–H and O–H groups in total. The summed E-state index contributed by atoms with van der Waals surface area (Å²) in [5, 5.41) is 3.55. The molecule has 1 aliphatic rings. The molecule has 2 atom stereocenters. The van der Waals surface area contributed by atoms with Gasteiger partial charge in [-0.1, -0.05) is 51.0 Å². The van der Waals surface area contributed by atoms with E-state index in [4.69, 9.17) is 0 Å². The normalized spacial score (nSPS) is 22.4. The van der Waals surface area contributed by atoms with Gasteiger partial charge in [-0.05, 0) is 37.3 Å². The third-order valence-electron chi connectivity index (χ3n) is 4.11. The van der Waals surface area contributed by atoms with Crippen LogP contribution in [0, 0.1) is 19.8 Å². The lowest BCUT2D eigenvalue weighted by Gasteiger charge is -2.27. The molecule has 1 aromatic rings. The van der Waals surface area contributed by atoms with E-state index in [1.165, 1.54) is 16.7 Å². The fourth-order valence-electron chi connectivity index (χ4n) is 3.15. The molecule has 0 radical (unpaired) electrons. The molecule has 116 valence electrons. The van der Waals surface area contributed by atoms with Crippen LogP contribution in [-0.4, -0.2) is 23.4 Å². The minimum Gasteiger partial charge on any atom is -0.321 e. The van der Waals surface area contributed by atoms with Crippen molar-refractivity contribution >= 4 is 5.91 Å². The van der Waals surface area contributed by atoms with Crippen LogP contribution < -0.4 is 5.32 Å². The molecule has 0 bridgehead atoms. The molecule has 1 aromatic carbocycles. The first kappa shape index (κ1) is 16.0. The number of hydrogen-bond donors (Lipinski definition) is 1. The third-order valence-corrected chi connectivity index (χ3v) is 4.11. The van der Waals surface area contributed by atoms with Gasteiger partial charge in [-0.2, -0.15) is 0 Å². The second-order valence-electron chi connectivity index (χ2n) is 6.65. The molecule has 3 nitrogen and oxygen atoms in total. The molecule has 1 fully saturated rings. The molecule has 1 amide bonds. The van der Waals surface area contributed by atoms with Crippen LogP contribution in [0.25, 0.3) is 0 Å². The second-order valence-corrected chi connectivity index (χ2v) is 6.65. The summed E-state index contributed by atoms with van der Waals surface area (Å²) in [6, 6.07) is 6.47. The monoisotopic (exact) mass is 288 g/mol. The zero-order chi connectivity index (χ0) is 15.6. The summed E-state index contributed by atoms with van der Waals surface area (Å²) in [6.07, 6.45) is 1.96. The van der Waals surface area contributed by atoms with Gasteiger partial charge in [-0.15, -0.1) is 0 Å². The Balaban J connectivity index is 2.31. The van der Waals surface area contributed by atoms with E-state index >= 15 is 0 Å². The molecule has 2 unspecified atom stereocenters. The average Bonchev–Trinajstić information content (AvgIpc) is 2.68. The maximum atomic E-state index is 12.7. The van der Waals surface area contributed by atoms with E-state index in [9.17, 15) is 4.79 Å². The van der Waals surface area contributed by atoms with E-state index in [1.54, 1.807) is 0 Å². The number of amides is 1. The maximum absolute atomic E-state index is 12.7. The molecule has 0 aromatic heterocycles. The van der Waals surface area contributed by atoms with Crippen molar-refractivity contribution in [1.29, 1.82) is 0 Å². The van der Waals surface area contributed by atoms with Crippen LogP contribution in [0.4, 0.5) is 0 Å². The Kier molecular flexibility index (Phi) is 5.04. The first-order valence-corrected chi connectivity index (χ1v) is 8.07. The summed E-state index contributed by atoms with van der Waals surface area (Å²) in [4.78, 5) is 14.7. The van der Waals surface area contributed by atoms with Crippen LogP contribution in [0.1, 0.15) is 56.5 Å². The van der Waals surface area contributed by atoms with Crippen molar-refractivity contribution < 1.29 is 4.79 Å². The molecule has 21 heavy (non-hydrogen) atoms. The van der Waals surface area contributed by atoms with Gasteiger partial charge < -0.3 is 4.90 Å². The summed E-state index contributed by atoms with van der Waals surface area (Å²) in [5.74, 6) is 0.736. The van der Waals surface area contributed by atoms with Gasteiger partial charge in [0, 0.05) is 6.54 Å². The summed E-state index contributed by atoms with van der Waals surface area (Å²) in [6.45, 7) is 11.5. The molecule has 1 aliphatic heterocycles. The van der Waals surface area contributed by atoms with E-state index in [-0.39, 0.29) is 18.1 Å². The number of rotatable bonds is 5. The van der Waals surface area contributed by atoms with Gasteiger partial charge in [0.25, 0.3) is 0 Å². The number of nitrogens with one attached hydrogen (secondary N) is 1. The van der Waals surface area contributed by atoms with Crippen molar-refractivity contribution in [1.82, 2.24) is 10.2 Å². The van der Waals surface area contributed by atoms with E-state index in [1.807, 2.05) is 4.90 Å². The molecule has 1 saturated heterocycles. The summed E-state index contributed by atoms with van der Waals surface area (Å²) in [7, 11) is 0. The zero-order valence-corrected chi connectivity index (χ0v) is 13.9. The molecular weight excluding hydrogens is 260 g/mol. The van der Waals surface area contributed by atoms with Crippen molar-refractivity contribution in [3.63, 3.8) is 0 Å². The Bertz CT molecular complexity index is 510. The largest absolute Gasteiger partial charge is 0.321 e. The number of benzene rings is 1. The highest BCUT2D eigenvalue weighted by Crippen LogP contribution is 2.30. The highest BCUT2D eigenvalue weighted by Gasteiger charge is 2.39. The van der Waals surface area contributed by atoms with Crippen molar-refractivity contribution in [3.05, 3.63) is 34.9 Å². The Morgan fingerprint density at radius 2 is 2.00 bits per heavy atom. The quantitative estimate of drug-likeness (QED) is 0.898. The highest BCUT2D eigenvalue weighted by atomic mass is 16.2. The van der Waals surface area contributed by atoms with Gasteiger partial charge in [-0.25, -0.2) is 0 Å². The summed E-state index contributed by atoms with van der Waals surface area (Å²) < 4.78 is 0. The molecule has 2 rings (SSSR count). The molecule has 3 heteroatoms. The SMILES string of the molecule is CCCC1NC(c2ccc(C)cc2C)N(CC(C)C)C1=O. The summed E-state index contributed by atoms with van der Waals surface area (Å²) in [5.41, 5.74) is 3.75. The Morgan fingerprint density at radius 1 is 1.29 bits per heavy atom. The lowest BCUT2D eigenvalue weighted by Crippen LogP contribution is -2.34. The average molecular weight is 288 g/mol. The van der Waals surface area contributed by atoms with Crippen LogP contribution in [0.15, 0.2) is 18.2 Å². The Morgan fingerprint density at radius 3 is 2.57 bits per heavy atom. The fraction of sp³-hybridized carbons (Fsp3) is 0.611. The van der Waals surface area contributed by atoms with Gasteiger partial charge in [-0.3, -0.25) is 10.1 Å². The molecule has 0 spiro atoms. The van der Waals surface area contributed by atoms with Crippen molar-refractivity contribution in [2.24, 2.45) is 5.92 Å². The first-order valence-electron chi connectivity index (χ1n) is 8.07. The van der Waals surface area contributed by atoms with E-state index in [2.05, 4.69) is 58.1 Å². The van der Waals surface area contributed by atoms with Crippen LogP contribution in [-0.2, 0) is 4.79 Å². The molecule has 0 saturated carbocycles. The van der Waals surface area contributed by atoms with E-state index < -0.39 is 0 Å². The number of hydrogen-bond acceptors (Lipinski definition) is 2. The Labute approximate surface area is 128 Å². The Hall–Kier alpha value is -1.35. The van der Waals surface area contributed by atoms with Crippen LogP contribution in [0.5, 0.6) is 0 Å². The number of carbonyl (C=O) groups is 1. The van der Waals surface area contributed by atoms with Gasteiger partial charge in [0.05, 0.1) is 6.04 Å². The van der Waals surface area contributed by atoms with Crippen molar-refractivity contribution in [2.75, 3.05) is 6.54 Å². The fourth-order valence-corrected chi connectivity index (χ4v) is 3.15. The highest BCUT2D eigenvalue weighted by molar-refractivity contribution is 5.84. The molecule has 0 aliphatic carbocycles. The maximum Gasteiger partial charge on any atom is 0.241 e. The van der Waals surface area contributed by atoms with Crippen LogP contribution >= 0.6 is 0 Å². The molecular formula is C18H28N2O. The lowest BCUT2D eigenvalue weighted by molar-refractivity contribution is -0.130. The first-order chi connectivity index (χ1) is 9.93. The lowest BCUT2D eigenvalue weighted by atomic mass is 10.0. The zero-order valence-electron chi connectivity index (χ0n) is 13.9. The van der Waals surface area contributed by atoms with Gasteiger partial charge in [0.15, 0.2) is 0 Å². The van der Waals surface area contributed by atoms with E-state index in [0.29, 0.717) is 5.92 Å². The topological polar surface area (TPSA) is 32.3 Å². The summed E-state index contributed by atoms with van der Waals surface area (Å²) >= 11 is 0. The number of nitrogens with zero attached hydrogens (tertiary/aromatic N) is 1. The predicted octanol–water partition coefficient (Wildman–Crippen LogP) is 3.56. The molecule has 1 heterocycles. The predicted molar refractivity (Wildman–Crippen MR) is 87.0 cm³/mol. The van der Waals surface area contributed by atoms with E-state index in [0.717, 1.165) is 19.4 Å². The van der Waals surface area contributed by atoms with Crippen molar-refractivity contribution in [3.8, 4) is 0 Å². The second kappa shape index (κ2) is 6.61. The van der Waals surface area contributed by atoms with Crippen LogP contribution in [0.3, 0.4) is 0 Å². The smallest absolute Gasteiger partial charge is 0.241 e. The number of carbonyl (C=O) groups excluding carboxylic acids is 1. The number of aryl methyl sites for hydroxylation is 2. The van der Waals surface area contributed by atoms with Gasteiger partial charge in [0.1, 0.15) is 6.17 Å². The standard InChI is InChI=1S/C18H28N2O/c1-6-7-16-18(21)20(11-12(2)3)17(19-16)15-9-8-13(4)10-14(15)5/h8-10,12,16-17,19H,6-7,11H2,1-5H3. The van der Waals surface area contributed by atoms with Crippen molar-refractivity contribution in [2.45, 2.75) is 59.7 Å². The van der Waals surface area contributed by atoms with Gasteiger partial charge in [0.2, 0.25) is 5.91 Å². The third kappa shape index (κ3) is 3.46. The minimum absolute atomic E-state index is 0.0250.